The molecule has 9 nitrogen and oxygen atoms in total. The van der Waals surface area contributed by atoms with Gasteiger partial charge in [0.15, 0.2) is 0 Å². The number of halogens is 1. The molecule has 3 heterocycles. The van der Waals surface area contributed by atoms with Crippen LogP contribution in [0.1, 0.15) is 24.3 Å². The summed E-state index contributed by atoms with van der Waals surface area (Å²) in [6, 6.07) is 14.2. The molecule has 5 rings (SSSR count). The van der Waals surface area contributed by atoms with E-state index in [-0.39, 0.29) is 11.8 Å². The van der Waals surface area contributed by atoms with E-state index in [9.17, 15) is 13.2 Å². The topological polar surface area (TPSA) is 99.9 Å². The van der Waals surface area contributed by atoms with Crippen molar-refractivity contribution >= 4 is 27.5 Å². The average Bonchev–Trinajstić information content (AvgIpc) is 3.37. The normalized spacial score (nSPS) is 19.7. The number of benzene rings is 2. The Morgan fingerprint density at radius 1 is 1.08 bits per heavy atom. The van der Waals surface area contributed by atoms with E-state index < -0.39 is 10.0 Å². The maximum atomic E-state index is 13.3. The zero-order chi connectivity index (χ0) is 26.0. The Morgan fingerprint density at radius 2 is 1.84 bits per heavy atom. The molecule has 2 saturated heterocycles. The van der Waals surface area contributed by atoms with Gasteiger partial charge in [0.2, 0.25) is 27.6 Å². The van der Waals surface area contributed by atoms with Crippen molar-refractivity contribution in [3.63, 3.8) is 0 Å². The van der Waals surface area contributed by atoms with Gasteiger partial charge < -0.3 is 9.42 Å². The van der Waals surface area contributed by atoms with Crippen molar-refractivity contribution in [3.05, 3.63) is 65.0 Å². The van der Waals surface area contributed by atoms with Gasteiger partial charge in [0.1, 0.15) is 0 Å². The largest absolute Gasteiger partial charge is 0.340 e. The molecule has 3 aromatic rings. The minimum absolute atomic E-state index is 0.0854. The number of aromatic nitrogens is 2. The van der Waals surface area contributed by atoms with Crippen LogP contribution in [0.3, 0.4) is 0 Å². The average molecular weight is 544 g/mol. The van der Waals surface area contributed by atoms with Crippen molar-refractivity contribution in [1.82, 2.24) is 24.2 Å². The van der Waals surface area contributed by atoms with Crippen LogP contribution in [0.25, 0.3) is 11.4 Å². The minimum atomic E-state index is -3.56. The third-order valence-electron chi connectivity index (χ3n) is 6.97. The predicted octanol–water partition coefficient (Wildman–Crippen LogP) is 3.44. The summed E-state index contributed by atoms with van der Waals surface area (Å²) in [6.07, 6.45) is 1.71. The van der Waals surface area contributed by atoms with Gasteiger partial charge in [-0.1, -0.05) is 46.6 Å². The molecule has 1 aromatic heterocycles. The quantitative estimate of drug-likeness (QED) is 0.469. The summed E-state index contributed by atoms with van der Waals surface area (Å²) in [7, 11) is -3.56. The first-order valence-corrected chi connectivity index (χ1v) is 14.3. The van der Waals surface area contributed by atoms with E-state index >= 15 is 0 Å². The lowest BCUT2D eigenvalue weighted by Gasteiger charge is -2.38. The lowest BCUT2D eigenvalue weighted by molar-refractivity contribution is -0.138. The standard InChI is InChI=1S/C26H30ClN5O4S/c1-19-7-9-23(10-8-19)37(34,35)32-14-12-31(13-15-32)26(33)21-5-3-11-30(17-21)18-24-28-25(29-36-24)20-4-2-6-22(27)16-20/h2,4,6-10,16,21H,3,5,11-15,17-18H2,1H3. The Hall–Kier alpha value is -2.79. The SMILES string of the molecule is Cc1ccc(S(=O)(=O)N2CCN(C(=O)C3CCCN(Cc4nc(-c5cccc(Cl)c5)no4)C3)CC2)cc1. The number of sulfonamides is 1. The molecule has 0 saturated carbocycles. The van der Waals surface area contributed by atoms with Crippen LogP contribution in [-0.2, 0) is 21.4 Å². The highest BCUT2D eigenvalue weighted by Crippen LogP contribution is 2.24. The summed E-state index contributed by atoms with van der Waals surface area (Å²) in [5.41, 5.74) is 1.80. The Morgan fingerprint density at radius 3 is 2.57 bits per heavy atom. The third kappa shape index (κ3) is 5.87. The van der Waals surface area contributed by atoms with E-state index in [4.69, 9.17) is 16.1 Å². The van der Waals surface area contributed by atoms with Gasteiger partial charge in [-0.2, -0.15) is 9.29 Å². The first-order valence-electron chi connectivity index (χ1n) is 12.5. The second kappa shape index (κ2) is 10.9. The molecule has 2 aliphatic rings. The number of likely N-dealkylation sites (tertiary alicyclic amines) is 1. The number of rotatable bonds is 6. The van der Waals surface area contributed by atoms with Crippen LogP contribution in [0.15, 0.2) is 57.9 Å². The van der Waals surface area contributed by atoms with E-state index in [2.05, 4.69) is 15.0 Å². The number of nitrogens with zero attached hydrogens (tertiary/aromatic N) is 5. The van der Waals surface area contributed by atoms with Gasteiger partial charge in [0.25, 0.3) is 0 Å². The summed E-state index contributed by atoms with van der Waals surface area (Å²) in [5.74, 6) is 0.935. The molecule has 2 fully saturated rings. The molecule has 1 amide bonds. The predicted molar refractivity (Wildman–Crippen MR) is 139 cm³/mol. The Balaban J connectivity index is 1.16. The van der Waals surface area contributed by atoms with Crippen molar-refractivity contribution < 1.29 is 17.7 Å². The molecule has 0 spiro atoms. The first-order chi connectivity index (χ1) is 17.8. The number of hydrogen-bond donors (Lipinski definition) is 0. The summed E-state index contributed by atoms with van der Waals surface area (Å²) in [6.45, 7) is 5.24. The summed E-state index contributed by atoms with van der Waals surface area (Å²) < 4.78 is 32.9. The summed E-state index contributed by atoms with van der Waals surface area (Å²) >= 11 is 6.07. The molecule has 0 radical (unpaired) electrons. The fourth-order valence-electron chi connectivity index (χ4n) is 4.92. The molecule has 0 N–H and O–H groups in total. The van der Waals surface area contributed by atoms with Crippen molar-refractivity contribution in [2.24, 2.45) is 5.92 Å². The monoisotopic (exact) mass is 543 g/mol. The highest BCUT2D eigenvalue weighted by atomic mass is 35.5. The van der Waals surface area contributed by atoms with Crippen LogP contribution in [0, 0.1) is 12.8 Å². The molecular formula is C26H30ClN5O4S. The van der Waals surface area contributed by atoms with Gasteiger partial charge in [0.05, 0.1) is 17.4 Å². The highest BCUT2D eigenvalue weighted by molar-refractivity contribution is 7.89. The number of amides is 1. The summed E-state index contributed by atoms with van der Waals surface area (Å²) in [4.78, 5) is 22.1. The van der Waals surface area contributed by atoms with Crippen molar-refractivity contribution in [2.45, 2.75) is 31.2 Å². The molecule has 196 valence electrons. The van der Waals surface area contributed by atoms with Gasteiger partial charge >= 0.3 is 0 Å². The summed E-state index contributed by atoms with van der Waals surface area (Å²) in [5, 5.41) is 4.68. The molecule has 0 aliphatic carbocycles. The number of piperidine rings is 1. The van der Waals surface area contributed by atoms with E-state index in [1.165, 1.54) is 4.31 Å². The minimum Gasteiger partial charge on any atom is -0.340 e. The second-order valence-corrected chi connectivity index (χ2v) is 12.0. The zero-order valence-electron chi connectivity index (χ0n) is 20.7. The van der Waals surface area contributed by atoms with Crippen LogP contribution in [0.5, 0.6) is 0 Å². The second-order valence-electron chi connectivity index (χ2n) is 9.64. The molecule has 37 heavy (non-hydrogen) atoms. The van der Waals surface area contributed by atoms with Crippen molar-refractivity contribution in [2.75, 3.05) is 39.3 Å². The molecule has 11 heteroatoms. The van der Waals surface area contributed by atoms with E-state index in [0.29, 0.717) is 60.9 Å². The third-order valence-corrected chi connectivity index (χ3v) is 9.12. The number of aryl methyl sites for hydroxylation is 1. The maximum Gasteiger partial charge on any atom is 0.243 e. The van der Waals surface area contributed by atoms with E-state index in [0.717, 1.165) is 30.5 Å². The number of carbonyl (C=O) groups excluding carboxylic acids is 1. The molecule has 2 aliphatic heterocycles. The smallest absolute Gasteiger partial charge is 0.243 e. The lowest BCUT2D eigenvalue weighted by Crippen LogP contribution is -2.53. The van der Waals surface area contributed by atoms with E-state index in [1.807, 2.05) is 19.1 Å². The van der Waals surface area contributed by atoms with Crippen LogP contribution < -0.4 is 0 Å². The van der Waals surface area contributed by atoms with E-state index in [1.54, 1.807) is 41.3 Å². The molecular weight excluding hydrogens is 514 g/mol. The number of carbonyl (C=O) groups is 1. The zero-order valence-corrected chi connectivity index (χ0v) is 22.3. The Labute approximate surface area is 222 Å². The lowest BCUT2D eigenvalue weighted by atomic mass is 9.96. The fraction of sp³-hybridized carbons (Fsp3) is 0.423. The van der Waals surface area contributed by atoms with Crippen LogP contribution >= 0.6 is 11.6 Å². The fourth-order valence-corrected chi connectivity index (χ4v) is 6.53. The Bertz CT molecular complexity index is 1350. The van der Waals surface area contributed by atoms with Gasteiger partial charge in [0, 0.05) is 43.3 Å². The van der Waals surface area contributed by atoms with Crippen molar-refractivity contribution in [3.8, 4) is 11.4 Å². The van der Waals surface area contributed by atoms with Crippen LogP contribution in [0.2, 0.25) is 5.02 Å². The van der Waals surface area contributed by atoms with Gasteiger partial charge in [-0.3, -0.25) is 9.69 Å². The van der Waals surface area contributed by atoms with Crippen LogP contribution in [0.4, 0.5) is 0 Å². The molecule has 0 bridgehead atoms. The maximum absolute atomic E-state index is 13.3. The Kier molecular flexibility index (Phi) is 7.62. The van der Waals surface area contributed by atoms with Crippen molar-refractivity contribution in [1.29, 1.82) is 0 Å². The van der Waals surface area contributed by atoms with Gasteiger partial charge in [-0.25, -0.2) is 8.42 Å². The number of piperazine rings is 1. The first kappa shape index (κ1) is 25.8. The van der Waals surface area contributed by atoms with Gasteiger partial charge in [-0.05, 0) is 50.6 Å². The molecule has 1 atom stereocenters. The highest BCUT2D eigenvalue weighted by Gasteiger charge is 2.34. The molecule has 1 unspecified atom stereocenters. The number of hydrogen-bond acceptors (Lipinski definition) is 7. The van der Waals surface area contributed by atoms with Gasteiger partial charge in [-0.15, -0.1) is 0 Å². The van der Waals surface area contributed by atoms with Crippen LogP contribution in [-0.4, -0.2) is 77.8 Å². The molecule has 2 aromatic carbocycles.